The Morgan fingerprint density at radius 3 is 0.944 bits per heavy atom. The van der Waals surface area contributed by atoms with E-state index in [0.717, 1.165) is 15.5 Å². The van der Waals surface area contributed by atoms with E-state index in [9.17, 15) is 0 Å². The second kappa shape index (κ2) is 14.8. The third kappa shape index (κ3) is 7.47. The second-order valence-electron chi connectivity index (χ2n) is 11.5. The molecule has 0 spiro atoms. The Bertz CT molecular complexity index is 781. The third-order valence-electron chi connectivity index (χ3n) is 8.79. The van der Waals surface area contributed by atoms with Gasteiger partial charge in [-0.1, -0.05) is 0 Å². The van der Waals surface area contributed by atoms with Crippen molar-refractivity contribution in [1.29, 1.82) is 0 Å². The maximum atomic E-state index is 2.69. The van der Waals surface area contributed by atoms with Crippen molar-refractivity contribution < 1.29 is 0 Å². The Morgan fingerprint density at radius 2 is 0.667 bits per heavy atom. The van der Waals surface area contributed by atoms with Crippen molar-refractivity contribution in [3.8, 4) is 0 Å². The molecule has 0 aliphatic heterocycles. The fraction of sp³-hybridized carbons (Fsp3) is 0.588. The molecule has 0 amide bonds. The molecule has 36 heavy (non-hydrogen) atoms. The fourth-order valence-corrected chi connectivity index (χ4v) is 25.6. The number of hydrogen-bond donors (Lipinski definition) is 0. The molecule has 0 saturated carbocycles. The monoisotopic (exact) mass is 698 g/mol. The molecule has 0 nitrogen and oxygen atoms in total. The van der Waals surface area contributed by atoms with E-state index in [1.807, 2.05) is 7.02 Å². The van der Waals surface area contributed by atoms with Gasteiger partial charge in [-0.05, 0) is 0 Å². The summed E-state index contributed by atoms with van der Waals surface area (Å²) in [6, 6.07) is 10.8. The first kappa shape index (κ1) is 27.4. The van der Waals surface area contributed by atoms with Gasteiger partial charge in [0.05, 0.1) is 0 Å². The van der Waals surface area contributed by atoms with Crippen molar-refractivity contribution in [1.82, 2.24) is 0 Å². The zero-order valence-corrected chi connectivity index (χ0v) is 27.6. The van der Waals surface area contributed by atoms with Gasteiger partial charge in [-0.25, -0.2) is 0 Å². The Morgan fingerprint density at radius 1 is 0.389 bits per heavy atom. The van der Waals surface area contributed by atoms with Gasteiger partial charge in [0.15, 0.2) is 0 Å². The molecule has 0 radical (unpaired) electrons. The second-order valence-corrected chi connectivity index (χ2v) is 26.6. The van der Waals surface area contributed by atoms with Crippen LogP contribution in [0, 0.1) is 0 Å². The molecule has 0 bridgehead atoms. The predicted octanol–water partition coefficient (Wildman–Crippen LogP) is 9.09. The minimum atomic E-state index is -1.70. The van der Waals surface area contributed by atoms with Crippen LogP contribution in [0.25, 0.3) is 0 Å². The molecule has 0 N–H and O–H groups in total. The topological polar surface area (TPSA) is 0 Å². The summed E-state index contributed by atoms with van der Waals surface area (Å²) in [7, 11) is 0. The van der Waals surface area contributed by atoms with Crippen molar-refractivity contribution in [3.05, 3.63) is 72.9 Å². The summed E-state index contributed by atoms with van der Waals surface area (Å²) in [5.74, 6) is 0. The first-order valence-corrected chi connectivity index (χ1v) is 23.7. The Hall–Kier alpha value is -0.184. The molecule has 4 atom stereocenters. The zero-order valence-electron chi connectivity index (χ0n) is 22.4. The van der Waals surface area contributed by atoms with Crippen LogP contribution in [-0.2, 0) is 0 Å². The fourth-order valence-electron chi connectivity index (χ4n) is 6.84. The number of allylic oxidation sites excluding steroid dienone is 8. The molecule has 1 aromatic carbocycles. The molecule has 2 heteroatoms. The molecule has 0 heterocycles. The van der Waals surface area contributed by atoms with E-state index in [1.165, 1.54) is 103 Å². The molecule has 0 aromatic heterocycles. The van der Waals surface area contributed by atoms with Gasteiger partial charge in [0.25, 0.3) is 0 Å². The van der Waals surface area contributed by atoms with E-state index >= 15 is 0 Å². The van der Waals surface area contributed by atoms with Crippen LogP contribution < -0.4 is 7.02 Å². The van der Waals surface area contributed by atoms with Crippen molar-refractivity contribution in [2.75, 3.05) is 0 Å². The summed E-state index contributed by atoms with van der Waals surface area (Å²) in [6.07, 6.45) is 43.3. The molecule has 0 fully saturated rings. The van der Waals surface area contributed by atoms with Gasteiger partial charge < -0.3 is 0 Å². The first-order chi connectivity index (χ1) is 17.9. The van der Waals surface area contributed by atoms with E-state index in [1.54, 1.807) is 0 Å². The third-order valence-corrected chi connectivity index (χ3v) is 27.0. The molecule has 4 aliphatic rings. The molecule has 5 rings (SSSR count). The first-order valence-electron chi connectivity index (χ1n) is 15.2. The Labute approximate surface area is 236 Å². The van der Waals surface area contributed by atoms with Crippen molar-refractivity contribution >= 4 is 47.4 Å². The van der Waals surface area contributed by atoms with Gasteiger partial charge in [0.1, 0.15) is 0 Å². The van der Waals surface area contributed by atoms with Gasteiger partial charge in [-0.2, -0.15) is 0 Å². The maximum absolute atomic E-state index is 2.69. The standard InChI is InChI=1S/4C7H11.C6H4.2Sb/c4*1-2-4-6-7-5-3-1;1-2-4-6-5-3-1;;/h4*1-3H,4-7H2;1-2,5-6H;;. The summed E-state index contributed by atoms with van der Waals surface area (Å²) in [5, 5.41) is 0. The predicted molar refractivity (Wildman–Crippen MR) is 163 cm³/mol. The quantitative estimate of drug-likeness (QED) is 0.205. The average molecular weight is 700 g/mol. The number of benzene rings is 1. The van der Waals surface area contributed by atoms with E-state index in [-0.39, 0.29) is 0 Å². The molecule has 194 valence electrons. The van der Waals surface area contributed by atoms with Gasteiger partial charge in [0.2, 0.25) is 0 Å². The van der Waals surface area contributed by atoms with Gasteiger partial charge in [0, 0.05) is 0 Å². The van der Waals surface area contributed by atoms with Crippen molar-refractivity contribution in [2.45, 2.75) is 118 Å². The minimum absolute atomic E-state index is 0.889. The Kier molecular flexibility index (Phi) is 11.3. The van der Waals surface area contributed by atoms with Gasteiger partial charge in [-0.3, -0.25) is 0 Å². The van der Waals surface area contributed by atoms with Crippen LogP contribution in [0.15, 0.2) is 72.9 Å². The summed E-state index contributed by atoms with van der Waals surface area (Å²) in [5.41, 5.74) is 0. The average Bonchev–Trinajstić information content (AvgIpc) is 3.51. The van der Waals surface area contributed by atoms with Gasteiger partial charge >= 0.3 is 239 Å². The molecule has 4 aliphatic carbocycles. The van der Waals surface area contributed by atoms with Crippen molar-refractivity contribution in [2.24, 2.45) is 0 Å². The van der Waals surface area contributed by atoms with E-state index in [2.05, 4.69) is 72.9 Å². The van der Waals surface area contributed by atoms with Crippen LogP contribution in [0.5, 0.6) is 0 Å². The van der Waals surface area contributed by atoms with Crippen LogP contribution >= 0.6 is 0 Å². The SMILES string of the molecule is C1=C[CH]([Sb]([c]2cc[c]([Sb]([CH]3C=CCCCC3)[CH]3C=CCCCC3)cc2)[CH]2C=CCCCC2)CCCC1. The molecule has 1 aromatic rings. The molecule has 0 saturated heterocycles. The van der Waals surface area contributed by atoms with E-state index in [4.69, 9.17) is 0 Å². The number of rotatable bonds is 6. The molecule has 4 unspecified atom stereocenters. The van der Waals surface area contributed by atoms with Crippen LogP contribution in [0.1, 0.15) is 103 Å². The van der Waals surface area contributed by atoms with Crippen LogP contribution in [0.3, 0.4) is 0 Å². The van der Waals surface area contributed by atoms with Crippen LogP contribution in [-0.4, -0.2) is 40.4 Å². The number of hydrogen-bond acceptors (Lipinski definition) is 0. The van der Waals surface area contributed by atoms with E-state index < -0.39 is 40.4 Å². The summed E-state index contributed by atoms with van der Waals surface area (Å²) in [4.78, 5) is 0. The summed E-state index contributed by atoms with van der Waals surface area (Å²) < 4.78 is 7.17. The molecular formula is C34H48Sb2. The van der Waals surface area contributed by atoms with Crippen molar-refractivity contribution in [3.63, 3.8) is 0 Å². The van der Waals surface area contributed by atoms with Crippen LogP contribution in [0.4, 0.5) is 0 Å². The normalized spacial score (nSPS) is 29.6. The summed E-state index contributed by atoms with van der Waals surface area (Å²) >= 11 is -3.40. The van der Waals surface area contributed by atoms with Crippen LogP contribution in [0.2, 0.25) is 15.5 Å². The zero-order chi connectivity index (χ0) is 24.4. The van der Waals surface area contributed by atoms with Gasteiger partial charge in [-0.15, -0.1) is 0 Å². The Balaban J connectivity index is 1.45. The van der Waals surface area contributed by atoms with E-state index in [0.29, 0.717) is 0 Å². The molecular weight excluding hydrogens is 652 g/mol. The summed E-state index contributed by atoms with van der Waals surface area (Å²) in [6.45, 7) is 0.